The van der Waals surface area contributed by atoms with E-state index in [1.54, 1.807) is 7.11 Å². The van der Waals surface area contributed by atoms with Crippen LogP contribution in [0.3, 0.4) is 0 Å². The first kappa shape index (κ1) is 15.6. The van der Waals surface area contributed by atoms with Gasteiger partial charge in [0.2, 0.25) is 0 Å². The van der Waals surface area contributed by atoms with E-state index in [0.717, 1.165) is 46.9 Å². The molecule has 1 aliphatic rings. The SMILES string of the molecule is COc1ccc2c(c1)c(C1=NCN=Cc3cnc(C)n3CC1)cn2C. The Hall–Kier alpha value is -2.89. The fourth-order valence-electron chi connectivity index (χ4n) is 3.38. The maximum Gasteiger partial charge on any atom is 0.129 e. The first-order valence-corrected chi connectivity index (χ1v) is 8.36. The van der Waals surface area contributed by atoms with Crippen molar-refractivity contribution in [1.29, 1.82) is 0 Å². The van der Waals surface area contributed by atoms with Gasteiger partial charge < -0.3 is 13.9 Å². The van der Waals surface area contributed by atoms with Crippen LogP contribution in [-0.4, -0.2) is 39.8 Å². The van der Waals surface area contributed by atoms with Gasteiger partial charge in [-0.2, -0.15) is 0 Å². The number of rotatable bonds is 2. The third-order valence-corrected chi connectivity index (χ3v) is 4.73. The van der Waals surface area contributed by atoms with E-state index in [4.69, 9.17) is 9.73 Å². The van der Waals surface area contributed by atoms with E-state index in [1.807, 2.05) is 25.4 Å². The molecule has 2 aromatic heterocycles. The lowest BCUT2D eigenvalue weighted by Gasteiger charge is -2.09. The number of benzene rings is 1. The molecule has 6 nitrogen and oxygen atoms in total. The second kappa shape index (κ2) is 6.20. The summed E-state index contributed by atoms with van der Waals surface area (Å²) in [5.74, 6) is 1.86. The summed E-state index contributed by atoms with van der Waals surface area (Å²) in [5.41, 5.74) is 4.42. The fraction of sp³-hybridized carbons (Fsp3) is 0.316. The monoisotopic (exact) mass is 335 g/mol. The molecule has 0 saturated heterocycles. The smallest absolute Gasteiger partial charge is 0.129 e. The molecule has 0 atom stereocenters. The summed E-state index contributed by atoms with van der Waals surface area (Å²) in [5, 5.41) is 1.16. The van der Waals surface area contributed by atoms with Gasteiger partial charge in [0.25, 0.3) is 0 Å². The Morgan fingerprint density at radius 3 is 2.96 bits per heavy atom. The van der Waals surface area contributed by atoms with E-state index in [9.17, 15) is 0 Å². The van der Waals surface area contributed by atoms with E-state index in [2.05, 4.69) is 44.5 Å². The molecule has 3 heterocycles. The van der Waals surface area contributed by atoms with Crippen molar-refractivity contribution < 1.29 is 4.74 Å². The van der Waals surface area contributed by atoms with Gasteiger partial charge in [-0.15, -0.1) is 0 Å². The van der Waals surface area contributed by atoms with Crippen LogP contribution >= 0.6 is 0 Å². The number of ether oxygens (including phenoxy) is 1. The molecule has 1 aliphatic heterocycles. The first-order valence-electron chi connectivity index (χ1n) is 8.36. The molecule has 25 heavy (non-hydrogen) atoms. The summed E-state index contributed by atoms with van der Waals surface area (Å²) in [7, 11) is 3.75. The number of aryl methyl sites for hydroxylation is 2. The van der Waals surface area contributed by atoms with E-state index in [-0.39, 0.29) is 0 Å². The third-order valence-electron chi connectivity index (χ3n) is 4.73. The maximum absolute atomic E-state index is 5.41. The lowest BCUT2D eigenvalue weighted by Crippen LogP contribution is -2.10. The van der Waals surface area contributed by atoms with Crippen molar-refractivity contribution in [2.75, 3.05) is 13.8 Å². The van der Waals surface area contributed by atoms with Crippen molar-refractivity contribution in [2.45, 2.75) is 19.9 Å². The quantitative estimate of drug-likeness (QED) is 0.723. The minimum Gasteiger partial charge on any atom is -0.497 e. The molecule has 0 radical (unpaired) electrons. The molecule has 1 aromatic carbocycles. The van der Waals surface area contributed by atoms with Gasteiger partial charge in [0, 0.05) is 54.6 Å². The molecular weight excluding hydrogens is 314 g/mol. The summed E-state index contributed by atoms with van der Waals surface area (Å²) in [6, 6.07) is 6.16. The molecule has 0 aliphatic carbocycles. The summed E-state index contributed by atoms with van der Waals surface area (Å²) < 4.78 is 9.73. The normalized spacial score (nSPS) is 14.6. The largest absolute Gasteiger partial charge is 0.497 e. The van der Waals surface area contributed by atoms with Gasteiger partial charge in [0.1, 0.15) is 18.2 Å². The van der Waals surface area contributed by atoms with Crippen LogP contribution in [0, 0.1) is 6.92 Å². The van der Waals surface area contributed by atoms with Crippen LogP contribution in [0.5, 0.6) is 5.75 Å². The van der Waals surface area contributed by atoms with Gasteiger partial charge in [0.15, 0.2) is 0 Å². The molecule has 0 amide bonds. The molecule has 128 valence electrons. The number of hydrogen-bond donors (Lipinski definition) is 0. The summed E-state index contributed by atoms with van der Waals surface area (Å²) in [6.45, 7) is 3.29. The molecule has 0 N–H and O–H groups in total. The Balaban J connectivity index is 1.78. The van der Waals surface area contributed by atoms with Gasteiger partial charge >= 0.3 is 0 Å². The average molecular weight is 335 g/mol. The van der Waals surface area contributed by atoms with Gasteiger partial charge in [-0.25, -0.2) is 4.98 Å². The Morgan fingerprint density at radius 2 is 2.12 bits per heavy atom. The molecule has 4 rings (SSSR count). The van der Waals surface area contributed by atoms with Crippen molar-refractivity contribution in [3.8, 4) is 5.75 Å². The van der Waals surface area contributed by atoms with Crippen LogP contribution in [0.25, 0.3) is 10.9 Å². The number of nitrogens with zero attached hydrogens (tertiary/aromatic N) is 5. The van der Waals surface area contributed by atoms with Crippen LogP contribution in [0.2, 0.25) is 0 Å². The van der Waals surface area contributed by atoms with Crippen molar-refractivity contribution in [2.24, 2.45) is 17.0 Å². The lowest BCUT2D eigenvalue weighted by molar-refractivity contribution is 0.415. The van der Waals surface area contributed by atoms with E-state index >= 15 is 0 Å². The van der Waals surface area contributed by atoms with Gasteiger partial charge in [-0.1, -0.05) is 0 Å². The van der Waals surface area contributed by atoms with Crippen molar-refractivity contribution in [3.63, 3.8) is 0 Å². The van der Waals surface area contributed by atoms with Crippen LogP contribution in [0.4, 0.5) is 0 Å². The Bertz CT molecular complexity index is 993. The highest BCUT2D eigenvalue weighted by Crippen LogP contribution is 2.27. The fourth-order valence-corrected chi connectivity index (χ4v) is 3.38. The number of imidazole rings is 1. The molecular formula is C19H21N5O. The van der Waals surface area contributed by atoms with Crippen LogP contribution in [0.15, 0.2) is 40.6 Å². The summed E-state index contributed by atoms with van der Waals surface area (Å²) in [6.07, 6.45) is 6.71. The van der Waals surface area contributed by atoms with Gasteiger partial charge in [-0.3, -0.25) is 9.98 Å². The van der Waals surface area contributed by atoms with Crippen molar-refractivity contribution in [1.82, 2.24) is 14.1 Å². The number of fused-ring (bicyclic) bond motifs is 2. The summed E-state index contributed by atoms with van der Waals surface area (Å²) in [4.78, 5) is 13.6. The zero-order valence-corrected chi connectivity index (χ0v) is 14.7. The number of methoxy groups -OCH3 is 1. The third kappa shape index (κ3) is 2.73. The van der Waals surface area contributed by atoms with Crippen molar-refractivity contribution >= 4 is 22.8 Å². The van der Waals surface area contributed by atoms with Crippen LogP contribution in [0.1, 0.15) is 23.5 Å². The number of aromatic nitrogens is 3. The Kier molecular flexibility index (Phi) is 3.87. The maximum atomic E-state index is 5.41. The Labute approximate surface area is 146 Å². The zero-order chi connectivity index (χ0) is 17.4. The molecule has 0 spiro atoms. The lowest BCUT2D eigenvalue weighted by atomic mass is 10.1. The highest BCUT2D eigenvalue weighted by atomic mass is 16.5. The zero-order valence-electron chi connectivity index (χ0n) is 14.7. The molecule has 0 fully saturated rings. The molecule has 0 unspecified atom stereocenters. The van der Waals surface area contributed by atoms with Crippen molar-refractivity contribution in [3.05, 3.63) is 47.7 Å². The topological polar surface area (TPSA) is 56.7 Å². The van der Waals surface area contributed by atoms with Gasteiger partial charge in [-0.05, 0) is 25.1 Å². The predicted molar refractivity (Wildman–Crippen MR) is 100 cm³/mol. The number of aliphatic imine (C=N–C) groups is 2. The predicted octanol–water partition coefficient (Wildman–Crippen LogP) is 2.96. The molecule has 0 saturated carbocycles. The molecule has 3 aromatic rings. The first-order chi connectivity index (χ1) is 12.2. The minimum absolute atomic E-state index is 0.430. The molecule has 6 heteroatoms. The van der Waals surface area contributed by atoms with Gasteiger partial charge in [0.05, 0.1) is 19.0 Å². The summed E-state index contributed by atoms with van der Waals surface area (Å²) >= 11 is 0. The number of hydrogen-bond acceptors (Lipinski definition) is 4. The highest BCUT2D eigenvalue weighted by molar-refractivity contribution is 6.11. The van der Waals surface area contributed by atoms with Crippen LogP contribution < -0.4 is 4.74 Å². The molecule has 0 bridgehead atoms. The highest BCUT2D eigenvalue weighted by Gasteiger charge is 2.15. The van der Waals surface area contributed by atoms with E-state index in [1.165, 1.54) is 5.52 Å². The van der Waals surface area contributed by atoms with Crippen LogP contribution in [-0.2, 0) is 13.6 Å². The second-order valence-electron chi connectivity index (χ2n) is 6.23. The average Bonchev–Trinajstić information content (AvgIpc) is 3.16. The second-order valence-corrected chi connectivity index (χ2v) is 6.23. The standard InChI is InChI=1S/C19H21N5O/c1-13-21-10-14-9-20-12-22-18(6-7-24(13)14)17-11-23(2)19-5-4-15(25-3)8-16(17)19/h4-5,8-11H,6-7,12H2,1-3H3. The van der Waals surface area contributed by atoms with E-state index in [0.29, 0.717) is 6.67 Å². The minimum atomic E-state index is 0.430. The van der Waals surface area contributed by atoms with E-state index < -0.39 is 0 Å². The Morgan fingerprint density at radius 1 is 1.24 bits per heavy atom.